The van der Waals surface area contributed by atoms with Crippen molar-refractivity contribution in [2.75, 3.05) is 39.4 Å². The summed E-state index contributed by atoms with van der Waals surface area (Å²) in [6, 6.07) is 9.57. The minimum absolute atomic E-state index is 0.426. The van der Waals surface area contributed by atoms with Crippen LogP contribution in [0.2, 0.25) is 0 Å². The minimum atomic E-state index is 0.426. The predicted molar refractivity (Wildman–Crippen MR) is 93.3 cm³/mol. The van der Waals surface area contributed by atoms with Gasteiger partial charge in [-0.1, -0.05) is 44.2 Å². The van der Waals surface area contributed by atoms with Gasteiger partial charge in [-0.25, -0.2) is 0 Å². The topological polar surface area (TPSA) is 24.5 Å². The molecule has 3 nitrogen and oxygen atoms in total. The van der Waals surface area contributed by atoms with E-state index in [1.165, 1.54) is 11.1 Å². The van der Waals surface area contributed by atoms with Crippen molar-refractivity contribution in [2.45, 2.75) is 32.2 Å². The maximum absolute atomic E-state index is 5.50. The molecule has 1 fully saturated rings. The number of hydrogen-bond donors (Lipinski definition) is 1. The van der Waals surface area contributed by atoms with Crippen LogP contribution in [0.25, 0.3) is 0 Å². The Hall–Kier alpha value is -1.16. The lowest BCUT2D eigenvalue weighted by Crippen LogP contribution is -2.43. The lowest BCUT2D eigenvalue weighted by molar-refractivity contribution is 0.0162. The van der Waals surface area contributed by atoms with Gasteiger partial charge in [0.2, 0.25) is 0 Å². The van der Waals surface area contributed by atoms with Crippen LogP contribution in [0.5, 0.6) is 0 Å². The van der Waals surface area contributed by atoms with Gasteiger partial charge in [-0.3, -0.25) is 4.90 Å². The maximum Gasteiger partial charge on any atom is 0.0594 e. The monoisotopic (exact) mass is 302 g/mol. The summed E-state index contributed by atoms with van der Waals surface area (Å²) >= 11 is 0. The molecule has 1 heterocycles. The fourth-order valence-corrected chi connectivity index (χ4v) is 2.89. The average molecular weight is 302 g/mol. The molecule has 122 valence electrons. The molecule has 1 saturated heterocycles. The molecule has 0 spiro atoms. The number of benzene rings is 1. The number of nitrogens with zero attached hydrogens (tertiary/aromatic N) is 1. The molecule has 1 N–H and O–H groups in total. The van der Waals surface area contributed by atoms with Gasteiger partial charge in [-0.2, -0.15) is 0 Å². The fourth-order valence-electron chi connectivity index (χ4n) is 2.89. The maximum atomic E-state index is 5.50. The van der Waals surface area contributed by atoms with Gasteiger partial charge >= 0.3 is 0 Å². The Morgan fingerprint density at radius 1 is 1.18 bits per heavy atom. The predicted octanol–water partition coefficient (Wildman–Crippen LogP) is 3.35. The first-order valence-electron chi connectivity index (χ1n) is 8.45. The fraction of sp³-hybridized carbons (Fsp3) is 0.579. The lowest BCUT2D eigenvalue weighted by atomic mass is 9.98. The summed E-state index contributed by atoms with van der Waals surface area (Å²) in [7, 11) is 0. The van der Waals surface area contributed by atoms with Gasteiger partial charge in [-0.15, -0.1) is 6.58 Å². The number of morpholine rings is 1. The van der Waals surface area contributed by atoms with Crippen molar-refractivity contribution >= 4 is 0 Å². The Labute approximate surface area is 135 Å². The molecule has 0 aromatic heterocycles. The van der Waals surface area contributed by atoms with Gasteiger partial charge in [0.25, 0.3) is 0 Å². The Morgan fingerprint density at radius 2 is 1.82 bits per heavy atom. The number of ether oxygens (including phenoxy) is 1. The van der Waals surface area contributed by atoms with Gasteiger partial charge in [0.1, 0.15) is 0 Å². The van der Waals surface area contributed by atoms with Crippen LogP contribution < -0.4 is 5.32 Å². The Bertz CT molecular complexity index is 435. The van der Waals surface area contributed by atoms with E-state index in [0.29, 0.717) is 12.0 Å². The second-order valence-electron chi connectivity index (χ2n) is 6.27. The Morgan fingerprint density at radius 3 is 2.41 bits per heavy atom. The molecule has 1 aromatic rings. The summed E-state index contributed by atoms with van der Waals surface area (Å²) in [6.45, 7) is 14.0. The molecule has 0 amide bonds. The van der Waals surface area contributed by atoms with E-state index in [-0.39, 0.29) is 0 Å². The molecule has 1 unspecified atom stereocenters. The van der Waals surface area contributed by atoms with Crippen LogP contribution in [-0.2, 0) is 4.74 Å². The molecule has 1 aliphatic heterocycles. The lowest BCUT2D eigenvalue weighted by Gasteiger charge is -2.35. The third-order valence-corrected chi connectivity index (χ3v) is 4.34. The van der Waals surface area contributed by atoms with Crippen molar-refractivity contribution in [3.05, 3.63) is 48.0 Å². The smallest absolute Gasteiger partial charge is 0.0594 e. The van der Waals surface area contributed by atoms with Gasteiger partial charge in [-0.05, 0) is 30.0 Å². The molecule has 0 saturated carbocycles. The van der Waals surface area contributed by atoms with Gasteiger partial charge < -0.3 is 10.1 Å². The number of hydrogen-bond acceptors (Lipinski definition) is 3. The highest BCUT2D eigenvalue weighted by Gasteiger charge is 2.22. The highest BCUT2D eigenvalue weighted by atomic mass is 16.5. The van der Waals surface area contributed by atoms with E-state index in [1.54, 1.807) is 0 Å². The molecule has 1 aliphatic rings. The minimum Gasteiger partial charge on any atom is -0.379 e. The van der Waals surface area contributed by atoms with E-state index in [9.17, 15) is 0 Å². The third kappa shape index (κ3) is 4.94. The Balaban J connectivity index is 2.05. The van der Waals surface area contributed by atoms with Crippen LogP contribution in [0.4, 0.5) is 0 Å². The van der Waals surface area contributed by atoms with E-state index in [2.05, 4.69) is 54.9 Å². The van der Waals surface area contributed by atoms with Gasteiger partial charge in [0.05, 0.1) is 13.2 Å². The van der Waals surface area contributed by atoms with Crippen LogP contribution >= 0.6 is 0 Å². The van der Waals surface area contributed by atoms with E-state index in [0.717, 1.165) is 45.8 Å². The van der Waals surface area contributed by atoms with E-state index in [1.807, 2.05) is 6.08 Å². The quantitative estimate of drug-likeness (QED) is 0.589. The SMILES string of the molecule is C=CCCNCC(c1ccc(C(C)C)cc1)N1CCOCC1. The first-order chi connectivity index (χ1) is 10.7. The molecule has 0 aliphatic carbocycles. The largest absolute Gasteiger partial charge is 0.379 e. The molecule has 1 atom stereocenters. The summed E-state index contributed by atoms with van der Waals surface area (Å²) < 4.78 is 5.50. The van der Waals surface area contributed by atoms with E-state index >= 15 is 0 Å². The molecule has 0 bridgehead atoms. The summed E-state index contributed by atoms with van der Waals surface area (Å²) in [5.41, 5.74) is 2.81. The molecular formula is C19H30N2O. The molecule has 3 heteroatoms. The van der Waals surface area contributed by atoms with Crippen molar-refractivity contribution in [3.8, 4) is 0 Å². The molecule has 1 aromatic carbocycles. The van der Waals surface area contributed by atoms with Gasteiger partial charge in [0, 0.05) is 25.7 Å². The Kier molecular flexibility index (Phi) is 7.10. The summed E-state index contributed by atoms with van der Waals surface area (Å²) in [6.07, 6.45) is 2.98. The van der Waals surface area contributed by atoms with Crippen LogP contribution in [0.15, 0.2) is 36.9 Å². The average Bonchev–Trinajstić information content (AvgIpc) is 2.56. The summed E-state index contributed by atoms with van der Waals surface area (Å²) in [4.78, 5) is 2.54. The van der Waals surface area contributed by atoms with Crippen molar-refractivity contribution in [1.29, 1.82) is 0 Å². The van der Waals surface area contributed by atoms with Crippen LogP contribution in [-0.4, -0.2) is 44.3 Å². The normalized spacial score (nSPS) is 17.6. The van der Waals surface area contributed by atoms with Crippen molar-refractivity contribution in [1.82, 2.24) is 10.2 Å². The first kappa shape index (κ1) is 17.2. The molecular weight excluding hydrogens is 272 g/mol. The highest BCUT2D eigenvalue weighted by Crippen LogP contribution is 2.23. The van der Waals surface area contributed by atoms with Gasteiger partial charge in [0.15, 0.2) is 0 Å². The second kappa shape index (κ2) is 9.09. The van der Waals surface area contributed by atoms with Crippen LogP contribution in [0, 0.1) is 0 Å². The van der Waals surface area contributed by atoms with Crippen LogP contribution in [0.3, 0.4) is 0 Å². The van der Waals surface area contributed by atoms with Crippen molar-refractivity contribution in [3.63, 3.8) is 0 Å². The number of rotatable bonds is 8. The van der Waals surface area contributed by atoms with Crippen molar-refractivity contribution in [2.24, 2.45) is 0 Å². The molecule has 22 heavy (non-hydrogen) atoms. The zero-order valence-electron chi connectivity index (χ0n) is 14.1. The number of nitrogens with one attached hydrogen (secondary N) is 1. The second-order valence-corrected chi connectivity index (χ2v) is 6.27. The first-order valence-corrected chi connectivity index (χ1v) is 8.45. The standard InChI is InChI=1S/C19H30N2O/c1-4-5-10-20-15-19(21-11-13-22-14-12-21)18-8-6-17(7-9-18)16(2)3/h4,6-9,16,19-20H,1,5,10-15H2,2-3H3. The van der Waals surface area contributed by atoms with Crippen LogP contribution in [0.1, 0.15) is 43.4 Å². The highest BCUT2D eigenvalue weighted by molar-refractivity contribution is 5.27. The zero-order chi connectivity index (χ0) is 15.8. The third-order valence-electron chi connectivity index (χ3n) is 4.34. The summed E-state index contributed by atoms with van der Waals surface area (Å²) in [5, 5.41) is 3.57. The van der Waals surface area contributed by atoms with Crippen molar-refractivity contribution < 1.29 is 4.74 Å². The van der Waals surface area contributed by atoms with E-state index in [4.69, 9.17) is 4.74 Å². The molecule has 2 rings (SSSR count). The molecule has 0 radical (unpaired) electrons. The zero-order valence-corrected chi connectivity index (χ0v) is 14.1. The summed E-state index contributed by atoms with van der Waals surface area (Å²) in [5.74, 6) is 0.585. The van der Waals surface area contributed by atoms with E-state index < -0.39 is 0 Å².